The van der Waals surface area contributed by atoms with Crippen molar-refractivity contribution in [1.29, 1.82) is 0 Å². The average Bonchev–Trinajstić information content (AvgIpc) is 3.30. The molecule has 0 saturated carbocycles. The highest BCUT2D eigenvalue weighted by molar-refractivity contribution is 14.2. The summed E-state index contributed by atoms with van der Waals surface area (Å²) in [7, 11) is 3.09. The number of aromatic nitrogens is 2. The minimum absolute atomic E-state index is 0.215. The molecule has 0 radical (unpaired) electrons. The van der Waals surface area contributed by atoms with Crippen molar-refractivity contribution in [3.05, 3.63) is 64.1 Å². The summed E-state index contributed by atoms with van der Waals surface area (Å²) in [5.41, 5.74) is 3.91. The molecule has 0 spiro atoms. The topological polar surface area (TPSA) is 80.7 Å². The minimum Gasteiger partial charge on any atom is -0.495 e. The number of rotatable bonds is 7. The van der Waals surface area contributed by atoms with Gasteiger partial charge >= 0.3 is 0 Å². The normalized spacial score (nSPS) is 13.9. The van der Waals surface area contributed by atoms with Crippen molar-refractivity contribution >= 4 is 79.9 Å². The van der Waals surface area contributed by atoms with Crippen LogP contribution in [0.15, 0.2) is 48.5 Å². The maximum Gasteiger partial charge on any atom is 0.256 e. The number of hydrogen-bond donors (Lipinski definition) is 2. The first-order valence-corrected chi connectivity index (χ1v) is 16.6. The SMILES string of the molecule is COc1cc(OC)c(Cl)c(-c2ccc3c(NC(=O)c4ccc(N5CCNCC5)cc4)nn(PI)c3c2)c1Cl. The molecule has 2 heterocycles. The number of carbonyl (C=O) groups is 1. The molecule has 1 unspecified atom stereocenters. The summed E-state index contributed by atoms with van der Waals surface area (Å²) < 4.78 is 12.7. The lowest BCUT2D eigenvalue weighted by Gasteiger charge is -2.29. The third-order valence-corrected chi connectivity index (χ3v) is 9.09. The highest BCUT2D eigenvalue weighted by Crippen LogP contribution is 2.47. The summed E-state index contributed by atoms with van der Waals surface area (Å²) in [6.07, 6.45) is 0.310. The number of amides is 1. The first kappa shape index (κ1) is 27.3. The molecule has 2 N–H and O–H groups in total. The standard InChI is InChI=1S/C26H25Cl2IN5O3P/c1-36-20-14-21(37-2)24(28)22(23(20)27)16-5-8-18-19(13-16)34(38-29)32-25(18)31-26(35)15-3-6-17(7-4-15)33-11-9-30-10-12-33/h3-8,13-14,30,38H,9-12H2,1-2H3,(H,31,32,35). The molecule has 0 bridgehead atoms. The van der Waals surface area contributed by atoms with Crippen molar-refractivity contribution in [3.63, 3.8) is 0 Å². The highest BCUT2D eigenvalue weighted by atomic mass is 127. The number of anilines is 2. The van der Waals surface area contributed by atoms with Gasteiger partial charge in [-0.05, 0) is 64.0 Å². The van der Waals surface area contributed by atoms with Crippen molar-refractivity contribution in [2.75, 3.05) is 50.6 Å². The summed E-state index contributed by atoms with van der Waals surface area (Å²) in [5.74, 6) is 1.20. The van der Waals surface area contributed by atoms with Crippen LogP contribution in [0.4, 0.5) is 11.5 Å². The van der Waals surface area contributed by atoms with Crippen LogP contribution in [-0.4, -0.2) is 55.9 Å². The Balaban J connectivity index is 1.46. The van der Waals surface area contributed by atoms with E-state index in [-0.39, 0.29) is 5.91 Å². The van der Waals surface area contributed by atoms with E-state index in [1.165, 1.54) is 0 Å². The zero-order valence-corrected chi connectivity index (χ0v) is 25.3. The second-order valence-corrected chi connectivity index (χ2v) is 11.4. The second-order valence-electron chi connectivity index (χ2n) is 8.60. The summed E-state index contributed by atoms with van der Waals surface area (Å²) in [6.45, 7) is 3.82. The maximum atomic E-state index is 13.1. The van der Waals surface area contributed by atoms with E-state index in [0.717, 1.165) is 48.3 Å². The van der Waals surface area contributed by atoms with Gasteiger partial charge in [-0.2, -0.15) is 0 Å². The predicted molar refractivity (Wildman–Crippen MR) is 166 cm³/mol. The smallest absolute Gasteiger partial charge is 0.256 e. The van der Waals surface area contributed by atoms with Crippen LogP contribution in [0.3, 0.4) is 0 Å². The van der Waals surface area contributed by atoms with Crippen LogP contribution >= 0.6 is 51.6 Å². The van der Waals surface area contributed by atoms with E-state index in [4.69, 9.17) is 32.7 Å². The molecule has 1 atom stereocenters. The number of benzene rings is 3. The Kier molecular flexibility index (Phi) is 8.50. The summed E-state index contributed by atoms with van der Waals surface area (Å²) in [5, 5.41) is 12.6. The van der Waals surface area contributed by atoms with E-state index in [2.05, 4.69) is 42.7 Å². The van der Waals surface area contributed by atoms with Gasteiger partial charge in [-0.3, -0.25) is 4.79 Å². The third-order valence-electron chi connectivity index (χ3n) is 6.47. The highest BCUT2D eigenvalue weighted by Gasteiger charge is 2.21. The summed E-state index contributed by atoms with van der Waals surface area (Å²) in [6, 6.07) is 15.1. The molecule has 198 valence electrons. The second kappa shape index (κ2) is 11.8. The van der Waals surface area contributed by atoms with Gasteiger partial charge in [-0.25, -0.2) is 4.45 Å². The van der Waals surface area contributed by atoms with Crippen LogP contribution in [0.1, 0.15) is 10.4 Å². The van der Waals surface area contributed by atoms with E-state index in [0.29, 0.717) is 44.9 Å². The molecule has 1 aliphatic heterocycles. The largest absolute Gasteiger partial charge is 0.495 e. The Morgan fingerprint density at radius 3 is 2.29 bits per heavy atom. The van der Waals surface area contributed by atoms with Crippen LogP contribution < -0.4 is 25.0 Å². The van der Waals surface area contributed by atoms with Gasteiger partial charge < -0.3 is 25.0 Å². The lowest BCUT2D eigenvalue weighted by Crippen LogP contribution is -2.43. The number of fused-ring (bicyclic) bond motifs is 1. The fourth-order valence-electron chi connectivity index (χ4n) is 4.49. The van der Waals surface area contributed by atoms with E-state index in [1.807, 2.05) is 46.9 Å². The van der Waals surface area contributed by atoms with Crippen LogP contribution in [0.2, 0.25) is 10.0 Å². The van der Waals surface area contributed by atoms with Gasteiger partial charge in [0, 0.05) is 54.4 Å². The first-order chi connectivity index (χ1) is 18.4. The van der Waals surface area contributed by atoms with Crippen molar-refractivity contribution in [3.8, 4) is 22.6 Å². The Labute approximate surface area is 245 Å². The lowest BCUT2D eigenvalue weighted by atomic mass is 10.0. The maximum absolute atomic E-state index is 13.1. The Hall–Kier alpha value is -2.30. The van der Waals surface area contributed by atoms with E-state index in [9.17, 15) is 4.79 Å². The molecule has 8 nitrogen and oxygen atoms in total. The Morgan fingerprint density at radius 1 is 1.03 bits per heavy atom. The molecule has 38 heavy (non-hydrogen) atoms. The molecule has 1 saturated heterocycles. The number of hydrogen-bond acceptors (Lipinski definition) is 6. The zero-order valence-electron chi connectivity index (χ0n) is 20.6. The van der Waals surface area contributed by atoms with Crippen LogP contribution in [0.25, 0.3) is 22.0 Å². The number of carbonyl (C=O) groups excluding carboxylic acids is 1. The van der Waals surface area contributed by atoms with Gasteiger partial charge in [0.15, 0.2) is 5.82 Å². The molecule has 4 aromatic rings. The number of ether oxygens (including phenoxy) is 2. The van der Waals surface area contributed by atoms with Crippen LogP contribution in [0, 0.1) is 0 Å². The molecular formula is C26H25Cl2IN5O3P. The molecule has 1 fully saturated rings. The molecule has 1 amide bonds. The van der Waals surface area contributed by atoms with Crippen LogP contribution in [0.5, 0.6) is 11.5 Å². The summed E-state index contributed by atoms with van der Waals surface area (Å²) >= 11 is 15.6. The Bertz CT molecular complexity index is 1460. The van der Waals surface area contributed by atoms with E-state index in [1.54, 1.807) is 20.3 Å². The lowest BCUT2D eigenvalue weighted by molar-refractivity contribution is 0.102. The first-order valence-electron chi connectivity index (χ1n) is 11.8. The van der Waals surface area contributed by atoms with E-state index >= 15 is 0 Å². The number of halogens is 3. The zero-order chi connectivity index (χ0) is 26.8. The third kappa shape index (κ3) is 5.27. The van der Waals surface area contributed by atoms with Gasteiger partial charge in [0.25, 0.3) is 5.91 Å². The Morgan fingerprint density at radius 2 is 1.68 bits per heavy atom. The number of nitrogens with zero attached hydrogens (tertiary/aromatic N) is 3. The molecule has 1 aliphatic rings. The van der Waals surface area contributed by atoms with Crippen molar-refractivity contribution in [2.45, 2.75) is 0 Å². The molecular weight excluding hydrogens is 659 g/mol. The fraction of sp³-hybridized carbons (Fsp3) is 0.231. The van der Waals surface area contributed by atoms with Crippen molar-refractivity contribution < 1.29 is 14.3 Å². The molecule has 5 rings (SSSR count). The monoisotopic (exact) mass is 683 g/mol. The van der Waals surface area contributed by atoms with Crippen LogP contribution in [-0.2, 0) is 0 Å². The van der Waals surface area contributed by atoms with Gasteiger partial charge in [-0.1, -0.05) is 29.3 Å². The molecule has 3 aromatic carbocycles. The van der Waals surface area contributed by atoms with Gasteiger partial charge in [0.05, 0.1) is 36.2 Å². The average molecular weight is 684 g/mol. The number of methoxy groups -OCH3 is 2. The van der Waals surface area contributed by atoms with Gasteiger partial charge in [-0.15, -0.1) is 5.10 Å². The van der Waals surface area contributed by atoms with Gasteiger partial charge in [0.1, 0.15) is 11.5 Å². The number of nitrogens with one attached hydrogen (secondary N) is 2. The van der Waals surface area contributed by atoms with Crippen molar-refractivity contribution in [2.24, 2.45) is 0 Å². The summed E-state index contributed by atoms with van der Waals surface area (Å²) in [4.78, 5) is 15.4. The molecule has 12 heteroatoms. The molecule has 0 aliphatic carbocycles. The van der Waals surface area contributed by atoms with Gasteiger partial charge in [0.2, 0.25) is 0 Å². The van der Waals surface area contributed by atoms with E-state index < -0.39 is 0 Å². The molecule has 1 aromatic heterocycles. The fourth-order valence-corrected chi connectivity index (χ4v) is 6.73. The minimum atomic E-state index is -0.215. The van der Waals surface area contributed by atoms with Crippen molar-refractivity contribution in [1.82, 2.24) is 14.9 Å². The number of piperazine rings is 1. The quantitative estimate of drug-likeness (QED) is 0.172. The predicted octanol–water partition coefficient (Wildman–Crippen LogP) is 6.48.